The molecule has 6 nitrogen and oxygen atoms in total. The third kappa shape index (κ3) is 3.40. The Labute approximate surface area is 123 Å². The van der Waals surface area contributed by atoms with E-state index in [1.807, 2.05) is 18.5 Å². The van der Waals surface area contributed by atoms with Crippen molar-refractivity contribution in [3.05, 3.63) is 22.7 Å². The maximum atomic E-state index is 10.4. The summed E-state index contributed by atoms with van der Waals surface area (Å²) >= 11 is 1.26. The van der Waals surface area contributed by atoms with Gasteiger partial charge in [0, 0.05) is 13.0 Å². The first-order chi connectivity index (χ1) is 9.49. The third-order valence-corrected chi connectivity index (χ3v) is 3.84. The Morgan fingerprint density at radius 3 is 2.70 bits per heavy atom. The van der Waals surface area contributed by atoms with E-state index in [1.54, 1.807) is 6.33 Å². The van der Waals surface area contributed by atoms with E-state index in [2.05, 4.69) is 33.5 Å². The van der Waals surface area contributed by atoms with Gasteiger partial charge in [-0.05, 0) is 23.4 Å². The van der Waals surface area contributed by atoms with E-state index in [9.17, 15) is 5.11 Å². The highest BCUT2D eigenvalue weighted by molar-refractivity contribution is 7.05. The van der Waals surface area contributed by atoms with Gasteiger partial charge in [0.25, 0.3) is 0 Å². The molecule has 0 saturated carbocycles. The van der Waals surface area contributed by atoms with Crippen LogP contribution in [-0.4, -0.2) is 29.5 Å². The summed E-state index contributed by atoms with van der Waals surface area (Å²) in [5.74, 6) is 1.55. The number of hydrogen-bond donors (Lipinski definition) is 1. The average molecular weight is 295 g/mol. The van der Waals surface area contributed by atoms with E-state index >= 15 is 0 Å². The molecule has 1 unspecified atom stereocenters. The summed E-state index contributed by atoms with van der Waals surface area (Å²) in [6, 6.07) is 0. The van der Waals surface area contributed by atoms with Crippen LogP contribution in [-0.2, 0) is 13.0 Å². The fraction of sp³-hybridized carbons (Fsp3) is 0.692. The molecule has 0 fully saturated rings. The molecule has 0 aliphatic carbocycles. The molecule has 110 valence electrons. The Balaban J connectivity index is 2.13. The molecular weight excluding hydrogens is 274 g/mol. The monoisotopic (exact) mass is 295 g/mol. The lowest BCUT2D eigenvalue weighted by atomic mass is 10.1. The van der Waals surface area contributed by atoms with Crippen molar-refractivity contribution in [2.24, 2.45) is 5.92 Å². The standard InChI is InChI=1S/C13H21N5OS/c1-8(2)6-18-11(14-7-15-18)5-10(19)13-12(9(3)4)16-17-20-13/h7-10,19H,5-6H2,1-4H3. The molecule has 0 amide bonds. The molecule has 0 saturated heterocycles. The maximum absolute atomic E-state index is 10.4. The number of aliphatic hydroxyl groups excluding tert-OH is 1. The molecule has 0 radical (unpaired) electrons. The topological polar surface area (TPSA) is 76.7 Å². The second kappa shape index (κ2) is 6.41. The van der Waals surface area contributed by atoms with Crippen LogP contribution in [0.2, 0.25) is 0 Å². The van der Waals surface area contributed by atoms with Crippen LogP contribution in [0.4, 0.5) is 0 Å². The zero-order valence-corrected chi connectivity index (χ0v) is 13.1. The Morgan fingerprint density at radius 2 is 2.05 bits per heavy atom. The van der Waals surface area contributed by atoms with Crippen molar-refractivity contribution in [3.8, 4) is 0 Å². The summed E-state index contributed by atoms with van der Waals surface area (Å²) in [6.45, 7) is 9.17. The summed E-state index contributed by atoms with van der Waals surface area (Å²) in [4.78, 5) is 5.08. The van der Waals surface area contributed by atoms with E-state index in [-0.39, 0.29) is 5.92 Å². The van der Waals surface area contributed by atoms with Crippen LogP contribution >= 0.6 is 11.5 Å². The molecule has 2 aromatic rings. The van der Waals surface area contributed by atoms with Crippen molar-refractivity contribution in [1.29, 1.82) is 0 Å². The molecule has 1 N–H and O–H groups in total. The predicted octanol–water partition coefficient (Wildman–Crippen LogP) is 2.19. The normalized spacial score (nSPS) is 13.3. The Kier molecular flexibility index (Phi) is 4.82. The van der Waals surface area contributed by atoms with Crippen LogP contribution in [0, 0.1) is 5.92 Å². The van der Waals surface area contributed by atoms with Gasteiger partial charge in [-0.25, -0.2) is 9.67 Å². The highest BCUT2D eigenvalue weighted by Crippen LogP contribution is 2.28. The third-order valence-electron chi connectivity index (χ3n) is 3.00. The van der Waals surface area contributed by atoms with Crippen molar-refractivity contribution in [2.45, 2.75) is 52.7 Å². The van der Waals surface area contributed by atoms with Gasteiger partial charge in [0.1, 0.15) is 12.2 Å². The van der Waals surface area contributed by atoms with Crippen molar-refractivity contribution < 1.29 is 5.11 Å². The predicted molar refractivity (Wildman–Crippen MR) is 77.5 cm³/mol. The molecule has 2 heterocycles. The molecule has 0 bridgehead atoms. The highest BCUT2D eigenvalue weighted by atomic mass is 32.1. The van der Waals surface area contributed by atoms with Crippen molar-refractivity contribution in [2.75, 3.05) is 0 Å². The van der Waals surface area contributed by atoms with E-state index in [1.165, 1.54) is 11.5 Å². The largest absolute Gasteiger partial charge is 0.387 e. The van der Waals surface area contributed by atoms with Crippen LogP contribution in [0.3, 0.4) is 0 Å². The SMILES string of the molecule is CC(C)Cn1ncnc1CC(O)c1snnc1C(C)C. The summed E-state index contributed by atoms with van der Waals surface area (Å²) in [5.41, 5.74) is 0.873. The average Bonchev–Trinajstić information content (AvgIpc) is 2.97. The van der Waals surface area contributed by atoms with Gasteiger partial charge in [0.2, 0.25) is 0 Å². The fourth-order valence-electron chi connectivity index (χ4n) is 2.05. The summed E-state index contributed by atoms with van der Waals surface area (Å²) in [6.07, 6.45) is 1.36. The first kappa shape index (κ1) is 15.1. The Hall–Kier alpha value is -1.34. The van der Waals surface area contributed by atoms with E-state index < -0.39 is 6.10 Å². The van der Waals surface area contributed by atoms with Gasteiger partial charge in [-0.2, -0.15) is 5.10 Å². The summed E-state index contributed by atoms with van der Waals surface area (Å²) in [5, 5.41) is 18.7. The van der Waals surface area contributed by atoms with Crippen LogP contribution in [0.15, 0.2) is 6.33 Å². The van der Waals surface area contributed by atoms with Gasteiger partial charge in [-0.3, -0.25) is 0 Å². The second-order valence-corrected chi connectivity index (χ2v) is 6.43. The Bertz CT molecular complexity index is 548. The number of nitrogens with zero attached hydrogens (tertiary/aromatic N) is 5. The van der Waals surface area contributed by atoms with Crippen LogP contribution in [0.1, 0.15) is 56.1 Å². The lowest BCUT2D eigenvalue weighted by Gasteiger charge is -2.13. The van der Waals surface area contributed by atoms with Gasteiger partial charge < -0.3 is 5.11 Å². The van der Waals surface area contributed by atoms with Crippen molar-refractivity contribution >= 4 is 11.5 Å². The minimum atomic E-state index is -0.623. The molecule has 2 rings (SSSR count). The molecule has 1 atom stereocenters. The van der Waals surface area contributed by atoms with Crippen LogP contribution in [0.5, 0.6) is 0 Å². The lowest BCUT2D eigenvalue weighted by Crippen LogP contribution is -2.13. The maximum Gasteiger partial charge on any atom is 0.138 e. The van der Waals surface area contributed by atoms with Gasteiger partial charge >= 0.3 is 0 Å². The molecule has 0 aliphatic rings. The zero-order valence-electron chi connectivity index (χ0n) is 12.3. The lowest BCUT2D eigenvalue weighted by molar-refractivity contribution is 0.175. The molecule has 0 aliphatic heterocycles. The number of hydrogen-bond acceptors (Lipinski definition) is 6. The first-order valence-electron chi connectivity index (χ1n) is 6.86. The summed E-state index contributed by atoms with van der Waals surface area (Å²) in [7, 11) is 0. The number of aliphatic hydroxyl groups is 1. The number of rotatable bonds is 6. The smallest absolute Gasteiger partial charge is 0.138 e. The summed E-state index contributed by atoms with van der Waals surface area (Å²) < 4.78 is 5.81. The molecule has 0 aromatic carbocycles. The molecule has 2 aromatic heterocycles. The minimum Gasteiger partial charge on any atom is -0.387 e. The van der Waals surface area contributed by atoms with Gasteiger partial charge in [0.05, 0.1) is 16.7 Å². The number of aromatic nitrogens is 5. The van der Waals surface area contributed by atoms with Gasteiger partial charge in [-0.1, -0.05) is 32.2 Å². The van der Waals surface area contributed by atoms with Gasteiger partial charge in [-0.15, -0.1) is 5.10 Å². The highest BCUT2D eigenvalue weighted by Gasteiger charge is 2.21. The molecule has 7 heteroatoms. The van der Waals surface area contributed by atoms with Crippen LogP contribution in [0.25, 0.3) is 0 Å². The van der Waals surface area contributed by atoms with E-state index in [0.29, 0.717) is 12.3 Å². The van der Waals surface area contributed by atoms with E-state index in [4.69, 9.17) is 0 Å². The Morgan fingerprint density at radius 1 is 1.30 bits per heavy atom. The zero-order chi connectivity index (χ0) is 14.7. The first-order valence-corrected chi connectivity index (χ1v) is 7.63. The molecule has 20 heavy (non-hydrogen) atoms. The van der Waals surface area contributed by atoms with Crippen molar-refractivity contribution in [3.63, 3.8) is 0 Å². The van der Waals surface area contributed by atoms with E-state index in [0.717, 1.165) is 22.9 Å². The minimum absolute atomic E-state index is 0.256. The molecular formula is C13H21N5OS. The van der Waals surface area contributed by atoms with Crippen LogP contribution < -0.4 is 0 Å². The van der Waals surface area contributed by atoms with Crippen molar-refractivity contribution in [1.82, 2.24) is 24.4 Å². The van der Waals surface area contributed by atoms with Gasteiger partial charge in [0.15, 0.2) is 0 Å². The molecule has 0 spiro atoms. The quantitative estimate of drug-likeness (QED) is 0.884. The fourth-order valence-corrected chi connectivity index (χ4v) is 2.84. The second-order valence-electron chi connectivity index (χ2n) is 5.65.